The van der Waals surface area contributed by atoms with E-state index < -0.39 is 51.5 Å². The lowest BCUT2D eigenvalue weighted by molar-refractivity contribution is -0.0777. The maximum absolute atomic E-state index is 11.1. The molecule has 0 amide bonds. The third kappa shape index (κ3) is 4.89. The number of aliphatic hydroxyl groups is 3. The number of phosphoric ester groups is 1. The van der Waals surface area contributed by atoms with Crippen molar-refractivity contribution < 1.29 is 38.9 Å². The molecule has 6 N–H and O–H groups in total. The summed E-state index contributed by atoms with van der Waals surface area (Å²) in [4.78, 5) is 22.3. The quantitative estimate of drug-likeness (QED) is 0.180. The molecule has 3 heterocycles. The Labute approximate surface area is 210 Å². The van der Waals surface area contributed by atoms with Crippen LogP contribution in [0.15, 0.2) is 36.5 Å². The highest BCUT2D eigenvalue weighted by atomic mass is 35.5. The Morgan fingerprint density at radius 2 is 2.06 bits per heavy atom. The molecule has 2 aliphatic rings. The van der Waals surface area contributed by atoms with Crippen LogP contribution in [-0.2, 0) is 20.2 Å². The van der Waals surface area contributed by atoms with E-state index >= 15 is 0 Å². The molecule has 3 aromatic rings. The number of nitrogens with zero attached hydrogens (tertiary/aromatic N) is 3. The van der Waals surface area contributed by atoms with Gasteiger partial charge in [0.1, 0.15) is 17.4 Å². The van der Waals surface area contributed by atoms with Gasteiger partial charge in [-0.15, -0.1) is 0 Å². The Balaban J connectivity index is 1.42. The number of aliphatic hydroxyl groups excluding tert-OH is 3. The molecule has 1 aromatic carbocycles. The zero-order valence-electron chi connectivity index (χ0n) is 18.9. The maximum atomic E-state index is 11.1. The first-order valence-corrected chi connectivity index (χ1v) is 13.3. The van der Waals surface area contributed by atoms with E-state index in [4.69, 9.17) is 26.1 Å². The second-order valence-electron chi connectivity index (χ2n) is 8.95. The van der Waals surface area contributed by atoms with Crippen LogP contribution in [0.2, 0.25) is 5.15 Å². The number of hydrogen-bond acceptors (Lipinski definition) is 9. The van der Waals surface area contributed by atoms with Crippen LogP contribution in [0, 0.1) is 5.92 Å². The van der Waals surface area contributed by atoms with E-state index in [1.807, 2.05) is 12.1 Å². The van der Waals surface area contributed by atoms with Gasteiger partial charge in [-0.3, -0.25) is 4.52 Å². The Bertz CT molecular complexity index is 1300. The lowest BCUT2D eigenvalue weighted by atomic mass is 9.98. The van der Waals surface area contributed by atoms with E-state index in [1.54, 1.807) is 12.3 Å². The number of phosphoric acid groups is 1. The summed E-state index contributed by atoms with van der Waals surface area (Å²) in [6.07, 6.45) is -1.93. The number of aromatic nitrogens is 3. The van der Waals surface area contributed by atoms with Crippen LogP contribution >= 0.6 is 19.4 Å². The van der Waals surface area contributed by atoms with Crippen LogP contribution in [-0.4, -0.2) is 71.4 Å². The first-order chi connectivity index (χ1) is 17.2. The molecule has 0 saturated carbocycles. The Hall–Kier alpha value is -2.12. The molecule has 2 unspecified atom stereocenters. The van der Waals surface area contributed by atoms with Gasteiger partial charge >= 0.3 is 7.82 Å². The minimum Gasteiger partial charge on any atom is -0.396 e. The van der Waals surface area contributed by atoms with Gasteiger partial charge in [0.15, 0.2) is 11.9 Å². The van der Waals surface area contributed by atoms with Crippen molar-refractivity contribution in [3.05, 3.63) is 52.8 Å². The SMILES string of the molecule is O=P(O)(O)OCC(CO)[C@H]1O[C@@H](n2ncc3c(NC4CCc5ccccc54)cc(Cl)nc32)[C@H](O)[C@@H]1O. The van der Waals surface area contributed by atoms with Crippen molar-refractivity contribution in [3.63, 3.8) is 0 Å². The van der Waals surface area contributed by atoms with Gasteiger partial charge in [0.2, 0.25) is 0 Å². The van der Waals surface area contributed by atoms with Crippen molar-refractivity contribution in [1.82, 2.24) is 14.8 Å². The summed E-state index contributed by atoms with van der Waals surface area (Å²) in [6.45, 7) is -1.20. The molecular formula is C22H26ClN4O8P. The molecule has 1 fully saturated rings. The summed E-state index contributed by atoms with van der Waals surface area (Å²) in [5.41, 5.74) is 3.50. The Morgan fingerprint density at radius 3 is 2.81 bits per heavy atom. The Kier molecular flexibility index (Phi) is 7.07. The number of hydrogen-bond donors (Lipinski definition) is 6. The number of halogens is 1. The molecule has 5 rings (SSSR count). The van der Waals surface area contributed by atoms with Crippen LogP contribution in [0.1, 0.15) is 29.8 Å². The van der Waals surface area contributed by atoms with E-state index in [0.717, 1.165) is 12.8 Å². The summed E-state index contributed by atoms with van der Waals surface area (Å²) < 4.78 is 22.6. The average molecular weight is 541 g/mol. The van der Waals surface area contributed by atoms with Crippen molar-refractivity contribution in [3.8, 4) is 0 Å². The van der Waals surface area contributed by atoms with Crippen LogP contribution in [0.3, 0.4) is 0 Å². The molecule has 0 bridgehead atoms. The van der Waals surface area contributed by atoms with E-state index in [1.165, 1.54) is 15.8 Å². The molecule has 1 aliphatic carbocycles. The van der Waals surface area contributed by atoms with Crippen LogP contribution < -0.4 is 5.32 Å². The van der Waals surface area contributed by atoms with Gasteiger partial charge in [-0.2, -0.15) is 5.10 Å². The summed E-state index contributed by atoms with van der Waals surface area (Å²) in [7, 11) is -4.81. The van der Waals surface area contributed by atoms with E-state index in [0.29, 0.717) is 16.7 Å². The second-order valence-corrected chi connectivity index (χ2v) is 10.6. The van der Waals surface area contributed by atoms with Gasteiger partial charge in [0, 0.05) is 5.92 Å². The van der Waals surface area contributed by atoms with E-state index in [9.17, 15) is 19.9 Å². The lowest BCUT2D eigenvalue weighted by Crippen LogP contribution is -2.39. The zero-order valence-corrected chi connectivity index (χ0v) is 20.5. The third-order valence-electron chi connectivity index (χ3n) is 6.67. The summed E-state index contributed by atoms with van der Waals surface area (Å²) in [5, 5.41) is 39.7. The summed E-state index contributed by atoms with van der Waals surface area (Å²) in [6, 6.07) is 9.97. The standard InChI is InChI=1S/C22H26ClN4O8P/c23-17-7-16(25-15-6-5-11-3-1-2-4-13(11)15)14-8-24-27(21(14)26-17)22-19(30)18(29)20(35-22)12(9-28)10-34-36(31,32)33/h1-4,7-8,12,15,18-20,22,28-30H,5-6,9-10H2,(H,25,26)(H2,31,32,33)/t12?,15?,18-,19+,20+,22+/m0/s1. The fraction of sp³-hybridized carbons (Fsp3) is 0.455. The van der Waals surface area contributed by atoms with Crippen molar-refractivity contribution >= 4 is 36.1 Å². The molecule has 1 saturated heterocycles. The first kappa shape index (κ1) is 25.5. The highest BCUT2D eigenvalue weighted by Crippen LogP contribution is 2.41. The molecule has 1 aliphatic heterocycles. The highest BCUT2D eigenvalue weighted by molar-refractivity contribution is 7.46. The van der Waals surface area contributed by atoms with Crippen molar-refractivity contribution in [2.75, 3.05) is 18.5 Å². The predicted molar refractivity (Wildman–Crippen MR) is 128 cm³/mol. The smallest absolute Gasteiger partial charge is 0.396 e. The number of nitrogens with one attached hydrogen (secondary N) is 1. The van der Waals surface area contributed by atoms with Crippen LogP contribution in [0.4, 0.5) is 5.69 Å². The van der Waals surface area contributed by atoms with Crippen molar-refractivity contribution in [2.45, 2.75) is 43.4 Å². The molecule has 2 aromatic heterocycles. The number of fused-ring (bicyclic) bond motifs is 2. The minimum absolute atomic E-state index is 0.0741. The number of benzene rings is 1. The summed E-state index contributed by atoms with van der Waals surface area (Å²) in [5.74, 6) is -1.02. The normalized spacial score (nSPS) is 26.9. The predicted octanol–water partition coefficient (Wildman–Crippen LogP) is 1.52. The highest BCUT2D eigenvalue weighted by Gasteiger charge is 2.48. The fourth-order valence-electron chi connectivity index (χ4n) is 4.91. The largest absolute Gasteiger partial charge is 0.469 e. The van der Waals surface area contributed by atoms with Gasteiger partial charge < -0.3 is 35.2 Å². The lowest BCUT2D eigenvalue weighted by Gasteiger charge is -2.23. The number of aryl methyl sites for hydroxylation is 1. The molecule has 12 nitrogen and oxygen atoms in total. The van der Waals surface area contributed by atoms with Gasteiger partial charge in [-0.1, -0.05) is 35.9 Å². The van der Waals surface area contributed by atoms with Crippen molar-refractivity contribution in [2.24, 2.45) is 5.92 Å². The first-order valence-electron chi connectivity index (χ1n) is 11.4. The van der Waals surface area contributed by atoms with Crippen molar-refractivity contribution in [1.29, 1.82) is 0 Å². The molecule has 36 heavy (non-hydrogen) atoms. The van der Waals surface area contributed by atoms with E-state index in [-0.39, 0.29) is 11.2 Å². The topological polar surface area (TPSA) is 179 Å². The third-order valence-corrected chi connectivity index (χ3v) is 7.35. The van der Waals surface area contributed by atoms with E-state index in [2.05, 4.69) is 32.1 Å². The molecule has 0 spiro atoms. The second kappa shape index (κ2) is 9.97. The van der Waals surface area contributed by atoms with Gasteiger partial charge in [-0.05, 0) is 30.0 Å². The zero-order chi connectivity index (χ0) is 25.6. The number of anilines is 1. The average Bonchev–Trinajstić information content (AvgIpc) is 3.51. The number of rotatable bonds is 8. The van der Waals surface area contributed by atoms with Gasteiger partial charge in [-0.25, -0.2) is 14.2 Å². The number of pyridine rings is 1. The molecular weight excluding hydrogens is 515 g/mol. The van der Waals surface area contributed by atoms with Gasteiger partial charge in [0.25, 0.3) is 0 Å². The number of ether oxygens (including phenoxy) is 1. The summed E-state index contributed by atoms with van der Waals surface area (Å²) >= 11 is 6.33. The molecule has 0 radical (unpaired) electrons. The van der Waals surface area contributed by atoms with Crippen LogP contribution in [0.25, 0.3) is 11.0 Å². The molecule has 194 valence electrons. The maximum Gasteiger partial charge on any atom is 0.469 e. The Morgan fingerprint density at radius 1 is 1.28 bits per heavy atom. The van der Waals surface area contributed by atoms with Gasteiger partial charge in [0.05, 0.1) is 42.6 Å². The van der Waals surface area contributed by atoms with Crippen LogP contribution in [0.5, 0.6) is 0 Å². The molecule has 14 heteroatoms. The fourth-order valence-corrected chi connectivity index (χ4v) is 5.48. The monoisotopic (exact) mass is 540 g/mol. The molecule has 6 atom stereocenters. The minimum atomic E-state index is -4.81.